The van der Waals surface area contributed by atoms with Crippen LogP contribution in [0.3, 0.4) is 0 Å². The van der Waals surface area contributed by atoms with Crippen LogP contribution in [-0.4, -0.2) is 28.6 Å². The van der Waals surface area contributed by atoms with Gasteiger partial charge in [0.15, 0.2) is 9.84 Å². The lowest BCUT2D eigenvalue weighted by molar-refractivity contribution is 0.586. The molecule has 2 aromatic carbocycles. The number of sulfone groups is 1. The fourth-order valence-electron chi connectivity index (χ4n) is 2.51. The minimum absolute atomic E-state index is 0.0495. The first-order chi connectivity index (χ1) is 11.3. The van der Waals surface area contributed by atoms with Crippen LogP contribution in [0, 0.1) is 0 Å². The van der Waals surface area contributed by atoms with Gasteiger partial charge >= 0.3 is 0 Å². The lowest BCUT2D eigenvalue weighted by Gasteiger charge is -2.29. The van der Waals surface area contributed by atoms with Crippen LogP contribution in [0.15, 0.2) is 71.0 Å². The largest absolute Gasteiger partial charge is 0.264 e. The molecule has 0 saturated heterocycles. The number of hydrogen-bond donors (Lipinski definition) is 0. The molecule has 0 radical (unpaired) electrons. The number of hydrogen-bond acceptors (Lipinski definition) is 4. The molecular weight excluding hydrogens is 370 g/mol. The molecule has 0 bridgehead atoms. The van der Waals surface area contributed by atoms with Gasteiger partial charge in [0, 0.05) is 10.4 Å². The quantitative estimate of drug-likeness (QED) is 0.813. The summed E-state index contributed by atoms with van der Waals surface area (Å²) in [5.41, 5.74) is 0.402. The van der Waals surface area contributed by atoms with E-state index in [1.807, 2.05) is 0 Å². The molecule has 1 atom stereocenters. The van der Waals surface area contributed by atoms with Crippen molar-refractivity contribution >= 4 is 37.1 Å². The fourth-order valence-corrected chi connectivity index (χ4v) is 5.61. The molecule has 0 N–H and O–H groups in total. The maximum atomic E-state index is 13.1. The van der Waals surface area contributed by atoms with Crippen LogP contribution in [0.4, 0.5) is 5.69 Å². The maximum absolute atomic E-state index is 13.1. The zero-order valence-electron chi connectivity index (χ0n) is 12.4. The fraction of sp³-hybridized carbons (Fsp3) is 0.125. The average molecular weight is 384 g/mol. The molecule has 126 valence electrons. The highest BCUT2D eigenvalue weighted by Crippen LogP contribution is 2.29. The summed E-state index contributed by atoms with van der Waals surface area (Å²) in [6.45, 7) is 0. The first-order valence-corrected chi connectivity index (χ1v) is 10.6. The van der Waals surface area contributed by atoms with Crippen molar-refractivity contribution in [3.05, 3.63) is 71.1 Å². The van der Waals surface area contributed by atoms with Gasteiger partial charge in [-0.2, -0.15) is 0 Å². The highest BCUT2D eigenvalue weighted by atomic mass is 35.5. The van der Waals surface area contributed by atoms with Crippen molar-refractivity contribution in [3.63, 3.8) is 0 Å². The topological polar surface area (TPSA) is 71.5 Å². The lowest BCUT2D eigenvalue weighted by Crippen LogP contribution is -2.41. The molecule has 24 heavy (non-hydrogen) atoms. The number of rotatable bonds is 4. The molecule has 2 aromatic rings. The zero-order chi connectivity index (χ0) is 17.4. The van der Waals surface area contributed by atoms with Gasteiger partial charge < -0.3 is 0 Å². The van der Waals surface area contributed by atoms with Gasteiger partial charge in [-0.05, 0) is 42.5 Å². The van der Waals surface area contributed by atoms with Gasteiger partial charge in [-0.15, -0.1) is 0 Å². The normalized spacial score (nSPS) is 19.3. The second kappa shape index (κ2) is 6.23. The van der Waals surface area contributed by atoms with Crippen LogP contribution in [-0.2, 0) is 19.9 Å². The van der Waals surface area contributed by atoms with Gasteiger partial charge in [0.2, 0.25) is 0 Å². The molecular formula is C16H14ClNO4S2. The third-order valence-corrected chi connectivity index (χ3v) is 7.09. The van der Waals surface area contributed by atoms with Gasteiger partial charge in [-0.25, -0.2) is 16.8 Å². The van der Waals surface area contributed by atoms with Gasteiger partial charge in [0.1, 0.15) is 0 Å². The predicted molar refractivity (Wildman–Crippen MR) is 94.3 cm³/mol. The number of benzene rings is 2. The van der Waals surface area contributed by atoms with Crippen LogP contribution in [0.25, 0.3) is 0 Å². The summed E-state index contributed by atoms with van der Waals surface area (Å²) in [5, 5.41) is 1.48. The minimum Gasteiger partial charge on any atom is -0.258 e. The molecule has 0 spiro atoms. The van der Waals surface area contributed by atoms with Crippen molar-refractivity contribution in [2.75, 3.05) is 10.1 Å². The van der Waals surface area contributed by atoms with Crippen LogP contribution in [0.5, 0.6) is 0 Å². The van der Waals surface area contributed by atoms with E-state index in [4.69, 9.17) is 11.6 Å². The molecule has 3 rings (SSSR count). The van der Waals surface area contributed by atoms with Gasteiger partial charge in [0.05, 0.1) is 22.4 Å². The van der Waals surface area contributed by atoms with E-state index in [1.165, 1.54) is 30.3 Å². The van der Waals surface area contributed by atoms with Crippen LogP contribution in [0.2, 0.25) is 5.02 Å². The monoisotopic (exact) mass is 383 g/mol. The summed E-state index contributed by atoms with van der Waals surface area (Å²) in [5.74, 6) is -0.283. The van der Waals surface area contributed by atoms with Gasteiger partial charge in [0.25, 0.3) is 10.0 Å². The molecule has 1 heterocycles. The Kier molecular flexibility index (Phi) is 4.42. The summed E-state index contributed by atoms with van der Waals surface area (Å²) >= 11 is 5.82. The number of halogens is 1. The van der Waals surface area contributed by atoms with Crippen molar-refractivity contribution in [3.8, 4) is 0 Å². The molecule has 0 unspecified atom stereocenters. The highest BCUT2D eigenvalue weighted by Gasteiger charge is 2.35. The number of para-hydroxylation sites is 1. The zero-order valence-corrected chi connectivity index (χ0v) is 14.8. The first-order valence-electron chi connectivity index (χ1n) is 7.06. The van der Waals surface area contributed by atoms with Crippen LogP contribution < -0.4 is 4.31 Å². The van der Waals surface area contributed by atoms with Crippen LogP contribution >= 0.6 is 11.6 Å². The summed E-state index contributed by atoms with van der Waals surface area (Å²) in [7, 11) is -7.35. The Hall–Kier alpha value is -1.83. The molecule has 0 aromatic heterocycles. The van der Waals surface area contributed by atoms with E-state index < -0.39 is 25.9 Å². The van der Waals surface area contributed by atoms with E-state index >= 15 is 0 Å². The third kappa shape index (κ3) is 3.33. The first kappa shape index (κ1) is 17.0. The molecule has 8 heteroatoms. The third-order valence-electron chi connectivity index (χ3n) is 3.59. The van der Waals surface area contributed by atoms with Crippen LogP contribution in [0.1, 0.15) is 0 Å². The standard InChI is InChI=1S/C16H14ClNO4S2/c17-13-6-8-16(9-7-13)24(21,22)18(14-4-2-1-3-5-14)15-10-11-23(19,20)12-15/h1-11,15H,12H2/t15-/m1/s1. The minimum atomic E-state index is -3.95. The van der Waals surface area contributed by atoms with E-state index in [1.54, 1.807) is 30.3 Å². The Balaban J connectivity index is 2.11. The Bertz CT molecular complexity index is 968. The van der Waals surface area contributed by atoms with Crippen molar-refractivity contribution < 1.29 is 16.8 Å². The van der Waals surface area contributed by atoms with E-state index in [0.717, 1.165) is 9.71 Å². The number of anilines is 1. The lowest BCUT2D eigenvalue weighted by atomic mass is 10.2. The van der Waals surface area contributed by atoms with Crippen molar-refractivity contribution in [1.29, 1.82) is 0 Å². The smallest absolute Gasteiger partial charge is 0.258 e. The molecule has 5 nitrogen and oxygen atoms in total. The SMILES string of the molecule is O=S1(=O)C=C[C@@H](N(c2ccccc2)S(=O)(=O)c2ccc(Cl)cc2)C1. The predicted octanol–water partition coefficient (Wildman–Crippen LogP) is 2.85. The number of sulfonamides is 1. The second-order valence-electron chi connectivity index (χ2n) is 5.32. The molecule has 0 amide bonds. The second-order valence-corrected chi connectivity index (χ2v) is 9.50. The van der Waals surface area contributed by atoms with Crippen molar-refractivity contribution in [2.24, 2.45) is 0 Å². The van der Waals surface area contributed by atoms with E-state index in [0.29, 0.717) is 10.7 Å². The van der Waals surface area contributed by atoms with Gasteiger partial charge in [-0.3, -0.25) is 4.31 Å². The molecule has 0 aliphatic carbocycles. The molecule has 1 aliphatic heterocycles. The van der Waals surface area contributed by atoms with E-state index in [-0.39, 0.29) is 10.6 Å². The average Bonchev–Trinajstić information content (AvgIpc) is 2.88. The maximum Gasteiger partial charge on any atom is 0.264 e. The van der Waals surface area contributed by atoms with E-state index in [9.17, 15) is 16.8 Å². The molecule has 0 saturated carbocycles. The van der Waals surface area contributed by atoms with Crippen molar-refractivity contribution in [2.45, 2.75) is 10.9 Å². The summed E-state index contributed by atoms with van der Waals surface area (Å²) in [6, 6.07) is 13.4. The Labute approximate surface area is 146 Å². The Morgan fingerprint density at radius 3 is 2.17 bits per heavy atom. The van der Waals surface area contributed by atoms with E-state index in [2.05, 4.69) is 0 Å². The van der Waals surface area contributed by atoms with Crippen molar-refractivity contribution in [1.82, 2.24) is 0 Å². The molecule has 0 fully saturated rings. The summed E-state index contributed by atoms with van der Waals surface area (Å²) in [6.07, 6.45) is 1.40. The molecule has 1 aliphatic rings. The summed E-state index contributed by atoms with van der Waals surface area (Å²) < 4.78 is 50.8. The number of nitrogens with zero attached hydrogens (tertiary/aromatic N) is 1. The Morgan fingerprint density at radius 1 is 1.00 bits per heavy atom. The summed E-state index contributed by atoms with van der Waals surface area (Å²) in [4.78, 5) is 0.0495. The highest BCUT2D eigenvalue weighted by molar-refractivity contribution is 7.95. The van der Waals surface area contributed by atoms with Gasteiger partial charge in [-0.1, -0.05) is 29.8 Å². The Morgan fingerprint density at radius 2 is 1.62 bits per heavy atom.